The van der Waals surface area contributed by atoms with E-state index in [4.69, 9.17) is 5.11 Å². The van der Waals surface area contributed by atoms with Crippen LogP contribution in [0, 0.1) is 0 Å². The number of aliphatic hydroxyl groups is 1. The molecule has 0 radical (unpaired) electrons. The topological polar surface area (TPSA) is 72.8 Å². The number of unbranched alkanes of at least 4 members (excludes halogenated alkanes) is 2. The molecule has 0 rings (SSSR count). The van der Waals surface area contributed by atoms with Gasteiger partial charge in [0.15, 0.2) is 5.78 Å². The summed E-state index contributed by atoms with van der Waals surface area (Å²) in [5.74, 6) is -0.281. The van der Waals surface area contributed by atoms with Crippen molar-refractivity contribution >= 4 is 13.4 Å². The van der Waals surface area contributed by atoms with Crippen molar-refractivity contribution < 1.29 is 23.5 Å². The Morgan fingerprint density at radius 2 is 1.94 bits per heavy atom. The molecule has 0 aliphatic carbocycles. The molecule has 0 bridgehead atoms. The van der Waals surface area contributed by atoms with Crippen molar-refractivity contribution in [3.63, 3.8) is 0 Å². The van der Waals surface area contributed by atoms with Gasteiger partial charge in [-0.3, -0.25) is 9.36 Å². The summed E-state index contributed by atoms with van der Waals surface area (Å²) < 4.78 is 20.9. The molecule has 0 unspecified atom stereocenters. The van der Waals surface area contributed by atoms with E-state index in [1.54, 1.807) is 6.08 Å². The van der Waals surface area contributed by atoms with E-state index < -0.39 is 7.60 Å². The van der Waals surface area contributed by atoms with E-state index in [0.717, 1.165) is 12.8 Å². The summed E-state index contributed by atoms with van der Waals surface area (Å²) in [4.78, 5) is 11.3. The lowest BCUT2D eigenvalue weighted by Gasteiger charge is -2.10. The maximum Gasteiger partial charge on any atom is 0.337 e. The van der Waals surface area contributed by atoms with E-state index in [9.17, 15) is 9.36 Å². The fraction of sp³-hybridized carbons (Fsp3) is 0.700. The highest BCUT2D eigenvalue weighted by Crippen LogP contribution is 2.45. The molecule has 0 atom stereocenters. The van der Waals surface area contributed by atoms with Crippen molar-refractivity contribution in [1.82, 2.24) is 0 Å². The molecule has 0 fully saturated rings. The summed E-state index contributed by atoms with van der Waals surface area (Å²) in [6.07, 6.45) is 5.10. The second kappa shape index (κ2) is 8.65. The molecule has 16 heavy (non-hydrogen) atoms. The number of carbonyl (C=O) groups is 1. The first-order valence-electron chi connectivity index (χ1n) is 5.08. The summed E-state index contributed by atoms with van der Waals surface area (Å²) in [7, 11) is -0.734. The van der Waals surface area contributed by atoms with Crippen LogP contribution in [0.4, 0.5) is 0 Å². The molecule has 1 N–H and O–H groups in total. The number of allylic oxidation sites excluding steroid dienone is 2. The highest BCUT2D eigenvalue weighted by atomic mass is 31.2. The molecule has 0 aliphatic heterocycles. The van der Waals surface area contributed by atoms with E-state index >= 15 is 0 Å². The van der Waals surface area contributed by atoms with Crippen LogP contribution in [0.2, 0.25) is 0 Å². The van der Waals surface area contributed by atoms with Crippen LogP contribution in [0.15, 0.2) is 12.2 Å². The minimum Gasteiger partial charge on any atom is -0.396 e. The third-order valence-corrected chi connectivity index (χ3v) is 3.80. The van der Waals surface area contributed by atoms with Crippen LogP contribution < -0.4 is 0 Å². The average molecular weight is 250 g/mol. The molecule has 0 amide bonds. The molecule has 5 nitrogen and oxygen atoms in total. The minimum absolute atomic E-state index is 0.157. The van der Waals surface area contributed by atoms with E-state index in [1.165, 1.54) is 20.3 Å². The Bertz CT molecular complexity index is 266. The first-order chi connectivity index (χ1) is 7.58. The van der Waals surface area contributed by atoms with Crippen LogP contribution in [-0.4, -0.2) is 37.9 Å². The molecule has 0 spiro atoms. The van der Waals surface area contributed by atoms with Crippen LogP contribution in [0.5, 0.6) is 0 Å². The van der Waals surface area contributed by atoms with Gasteiger partial charge < -0.3 is 14.2 Å². The van der Waals surface area contributed by atoms with Gasteiger partial charge in [0.2, 0.25) is 0 Å². The highest BCUT2D eigenvalue weighted by Gasteiger charge is 2.23. The predicted octanol–water partition coefficient (Wildman–Crippen LogP) is 1.76. The third kappa shape index (κ3) is 6.90. The first kappa shape index (κ1) is 15.5. The summed E-state index contributed by atoms with van der Waals surface area (Å²) in [6, 6.07) is 0. The van der Waals surface area contributed by atoms with Crippen LogP contribution >= 0.6 is 7.60 Å². The Balaban J connectivity index is 3.94. The predicted molar refractivity (Wildman–Crippen MR) is 61.6 cm³/mol. The fourth-order valence-corrected chi connectivity index (χ4v) is 1.93. The zero-order valence-corrected chi connectivity index (χ0v) is 10.6. The second-order valence-electron chi connectivity index (χ2n) is 3.22. The molecular formula is C10H19O5P. The largest absolute Gasteiger partial charge is 0.396 e. The van der Waals surface area contributed by atoms with E-state index in [2.05, 4.69) is 9.05 Å². The van der Waals surface area contributed by atoms with Gasteiger partial charge in [0.1, 0.15) is 6.16 Å². The number of rotatable bonds is 9. The first-order valence-corrected chi connectivity index (χ1v) is 6.81. The van der Waals surface area contributed by atoms with Crippen LogP contribution in [0.1, 0.15) is 19.3 Å². The molecule has 0 aromatic heterocycles. The summed E-state index contributed by atoms with van der Waals surface area (Å²) >= 11 is 0. The Kier molecular flexibility index (Phi) is 8.39. The van der Waals surface area contributed by atoms with Gasteiger partial charge in [-0.25, -0.2) is 0 Å². The Morgan fingerprint density at radius 1 is 1.31 bits per heavy atom. The van der Waals surface area contributed by atoms with Gasteiger partial charge in [0.25, 0.3) is 0 Å². The lowest BCUT2D eigenvalue weighted by atomic mass is 10.2. The Labute approximate surface area is 96.0 Å². The van der Waals surface area contributed by atoms with Crippen molar-refractivity contribution in [2.24, 2.45) is 0 Å². The van der Waals surface area contributed by atoms with Crippen LogP contribution in [0.3, 0.4) is 0 Å². The molecule has 0 saturated heterocycles. The third-order valence-electron chi connectivity index (χ3n) is 1.99. The SMILES string of the molecule is COP(=O)(CC(=O)/C=C/CCCCO)OC. The minimum atomic E-state index is -3.24. The van der Waals surface area contributed by atoms with Crippen molar-refractivity contribution in [2.45, 2.75) is 19.3 Å². The lowest BCUT2D eigenvalue weighted by Crippen LogP contribution is -2.04. The quantitative estimate of drug-likeness (QED) is 0.383. The number of hydrogen-bond acceptors (Lipinski definition) is 5. The van der Waals surface area contributed by atoms with Gasteiger partial charge in [0, 0.05) is 20.8 Å². The monoisotopic (exact) mass is 250 g/mol. The Hall–Kier alpha value is -0.480. The summed E-state index contributed by atoms with van der Waals surface area (Å²) in [5.41, 5.74) is 0. The Morgan fingerprint density at radius 3 is 2.44 bits per heavy atom. The van der Waals surface area contributed by atoms with Crippen LogP contribution in [0.25, 0.3) is 0 Å². The molecule has 0 aliphatic rings. The van der Waals surface area contributed by atoms with E-state index in [1.807, 2.05) is 0 Å². The molecular weight excluding hydrogens is 231 g/mol. The van der Waals surface area contributed by atoms with Gasteiger partial charge in [0.05, 0.1) is 0 Å². The fourth-order valence-electron chi connectivity index (χ4n) is 1.04. The number of hydrogen-bond donors (Lipinski definition) is 1. The maximum atomic E-state index is 11.6. The molecule has 0 saturated carbocycles. The van der Waals surface area contributed by atoms with E-state index in [0.29, 0.717) is 6.42 Å². The van der Waals surface area contributed by atoms with Gasteiger partial charge in [-0.05, 0) is 25.3 Å². The van der Waals surface area contributed by atoms with Crippen molar-refractivity contribution in [3.05, 3.63) is 12.2 Å². The molecule has 94 valence electrons. The standard InChI is InChI=1S/C10H19O5P/c1-14-16(13,15-2)9-10(12)7-5-3-4-6-8-11/h5,7,11H,3-4,6,8-9H2,1-2H3/b7-5+. The van der Waals surface area contributed by atoms with E-state index in [-0.39, 0.29) is 18.6 Å². The number of aliphatic hydroxyl groups excluding tert-OH is 1. The summed E-state index contributed by atoms with van der Waals surface area (Å²) in [6.45, 7) is 0.157. The highest BCUT2D eigenvalue weighted by molar-refractivity contribution is 7.54. The molecule has 0 heterocycles. The van der Waals surface area contributed by atoms with Gasteiger partial charge in [-0.1, -0.05) is 6.08 Å². The smallest absolute Gasteiger partial charge is 0.337 e. The zero-order valence-electron chi connectivity index (χ0n) is 9.72. The molecule has 0 aromatic rings. The van der Waals surface area contributed by atoms with Crippen molar-refractivity contribution in [2.75, 3.05) is 27.0 Å². The van der Waals surface area contributed by atoms with Gasteiger partial charge in [-0.2, -0.15) is 0 Å². The van der Waals surface area contributed by atoms with Gasteiger partial charge >= 0.3 is 7.60 Å². The molecule has 6 heteroatoms. The van der Waals surface area contributed by atoms with Gasteiger partial charge in [-0.15, -0.1) is 0 Å². The van der Waals surface area contributed by atoms with Crippen molar-refractivity contribution in [1.29, 1.82) is 0 Å². The zero-order chi connectivity index (χ0) is 12.4. The maximum absolute atomic E-state index is 11.6. The molecule has 0 aromatic carbocycles. The van der Waals surface area contributed by atoms with Crippen LogP contribution in [-0.2, 0) is 18.4 Å². The second-order valence-corrected chi connectivity index (χ2v) is 5.49. The van der Waals surface area contributed by atoms with Crippen molar-refractivity contribution in [3.8, 4) is 0 Å². The normalized spacial score (nSPS) is 12.2. The number of carbonyl (C=O) groups excluding carboxylic acids is 1. The number of ketones is 1. The average Bonchev–Trinajstić information content (AvgIpc) is 2.28. The lowest BCUT2D eigenvalue weighted by molar-refractivity contribution is -0.112. The summed E-state index contributed by atoms with van der Waals surface area (Å²) in [5, 5.41) is 8.53.